The lowest BCUT2D eigenvalue weighted by Crippen LogP contribution is -2.30. The first-order valence-corrected chi connectivity index (χ1v) is 14.4. The maximum Gasteiger partial charge on any atom is 0.229 e. The van der Waals surface area contributed by atoms with Gasteiger partial charge in [0.25, 0.3) is 0 Å². The molecule has 0 aliphatic carbocycles. The molecule has 42 heavy (non-hydrogen) atoms. The van der Waals surface area contributed by atoms with Gasteiger partial charge in [0.15, 0.2) is 5.11 Å². The molecular formula is C32H34ClN5O3S. The number of anilines is 2. The highest BCUT2D eigenvalue weighted by molar-refractivity contribution is 7.80. The van der Waals surface area contributed by atoms with Crippen LogP contribution in [0, 0.1) is 19.3 Å². The predicted octanol–water partition coefficient (Wildman–Crippen LogP) is 7.02. The van der Waals surface area contributed by atoms with Crippen molar-refractivity contribution in [2.45, 2.75) is 46.7 Å². The van der Waals surface area contributed by atoms with Gasteiger partial charge in [0.05, 0.1) is 36.3 Å². The lowest BCUT2D eigenvalue weighted by Gasteiger charge is -2.29. The van der Waals surface area contributed by atoms with Gasteiger partial charge in [0.1, 0.15) is 11.5 Å². The topological polar surface area (TPSA) is 91.7 Å². The molecule has 3 N–H and O–H groups in total. The summed E-state index contributed by atoms with van der Waals surface area (Å²) in [5, 5.41) is 18.3. The molecule has 1 aliphatic heterocycles. The number of carbonyl (C=O) groups is 1. The Hall–Kier alpha value is -4.08. The fourth-order valence-electron chi connectivity index (χ4n) is 5.33. The van der Waals surface area contributed by atoms with Crippen LogP contribution in [0.25, 0.3) is 5.69 Å². The number of nitrogens with one attached hydrogen (secondary N) is 2. The van der Waals surface area contributed by atoms with Crippen LogP contribution in [-0.4, -0.2) is 32.8 Å². The highest BCUT2D eigenvalue weighted by Gasteiger charge is 2.42. The highest BCUT2D eigenvalue weighted by Crippen LogP contribution is 2.45. The van der Waals surface area contributed by atoms with E-state index < -0.39 is 5.41 Å². The van der Waals surface area contributed by atoms with Gasteiger partial charge >= 0.3 is 0 Å². The van der Waals surface area contributed by atoms with Crippen molar-refractivity contribution in [3.8, 4) is 17.2 Å². The molecule has 0 bridgehead atoms. The van der Waals surface area contributed by atoms with E-state index in [0.29, 0.717) is 27.3 Å². The minimum atomic E-state index is -0.564. The molecule has 0 saturated carbocycles. The maximum absolute atomic E-state index is 12.7. The Morgan fingerprint density at radius 3 is 2.55 bits per heavy atom. The highest BCUT2D eigenvalue weighted by atomic mass is 35.5. The summed E-state index contributed by atoms with van der Waals surface area (Å²) >= 11 is 12.3. The van der Waals surface area contributed by atoms with E-state index in [1.54, 1.807) is 31.5 Å². The number of phenolic OH excluding ortho intramolecular Hbond substituents is 1. The van der Waals surface area contributed by atoms with Gasteiger partial charge in [0, 0.05) is 39.8 Å². The van der Waals surface area contributed by atoms with Crippen molar-refractivity contribution >= 4 is 46.2 Å². The van der Waals surface area contributed by atoms with Crippen LogP contribution in [0.3, 0.4) is 0 Å². The molecule has 0 spiro atoms. The summed E-state index contributed by atoms with van der Waals surface area (Å²) in [6.07, 6.45) is 1.77. The minimum absolute atomic E-state index is 0.114. The van der Waals surface area contributed by atoms with Crippen molar-refractivity contribution < 1.29 is 14.6 Å². The van der Waals surface area contributed by atoms with Gasteiger partial charge in [-0.25, -0.2) is 0 Å². The number of amides is 1. The second-order valence-electron chi connectivity index (χ2n) is 11.4. The van der Waals surface area contributed by atoms with Crippen LogP contribution in [0.4, 0.5) is 11.4 Å². The molecule has 2 atom stereocenters. The molecule has 3 heterocycles. The number of thiocarbonyl (C=S) groups is 1. The van der Waals surface area contributed by atoms with Crippen LogP contribution in [0.5, 0.6) is 11.5 Å². The smallest absolute Gasteiger partial charge is 0.229 e. The third-order valence-corrected chi connectivity index (χ3v) is 8.01. The number of methoxy groups -OCH3 is 1. The molecule has 0 radical (unpaired) electrons. The number of carbonyl (C=O) groups excluding carboxylic acids is 1. The average molecular weight is 604 g/mol. The molecule has 5 rings (SSSR count). The molecule has 4 aromatic rings. The predicted molar refractivity (Wildman–Crippen MR) is 171 cm³/mol. The number of rotatable bonds is 6. The fraction of sp³-hybridized carbons (Fsp3) is 0.281. The summed E-state index contributed by atoms with van der Waals surface area (Å²) < 4.78 is 7.71. The second kappa shape index (κ2) is 11.3. The summed E-state index contributed by atoms with van der Waals surface area (Å²) in [5.41, 5.74) is 5.08. The van der Waals surface area contributed by atoms with Crippen LogP contribution < -0.4 is 20.3 Å². The number of aromatic nitrogens is 2. The zero-order chi connectivity index (χ0) is 30.3. The number of hydrogen-bond acceptors (Lipinski definition) is 5. The molecule has 218 valence electrons. The quantitative estimate of drug-likeness (QED) is 0.204. The zero-order valence-electron chi connectivity index (χ0n) is 24.4. The summed E-state index contributed by atoms with van der Waals surface area (Å²) in [6.45, 7) is 9.59. The van der Waals surface area contributed by atoms with Crippen molar-refractivity contribution in [1.29, 1.82) is 0 Å². The van der Waals surface area contributed by atoms with Crippen molar-refractivity contribution in [3.05, 3.63) is 94.5 Å². The molecule has 1 amide bonds. The van der Waals surface area contributed by atoms with Crippen molar-refractivity contribution in [2.75, 3.05) is 17.3 Å². The van der Waals surface area contributed by atoms with Crippen molar-refractivity contribution in [3.63, 3.8) is 0 Å². The monoisotopic (exact) mass is 603 g/mol. The van der Waals surface area contributed by atoms with Gasteiger partial charge in [-0.15, -0.1) is 0 Å². The third-order valence-electron chi connectivity index (χ3n) is 7.46. The summed E-state index contributed by atoms with van der Waals surface area (Å²) in [5.74, 6) is 0.530. The Balaban J connectivity index is 1.64. The number of aromatic hydroxyl groups is 1. The van der Waals surface area contributed by atoms with Gasteiger partial charge in [-0.3, -0.25) is 9.78 Å². The number of pyridine rings is 1. The van der Waals surface area contributed by atoms with Crippen LogP contribution in [-0.2, 0) is 4.79 Å². The standard InChI is InChI=1S/C32H34ClN5O3S/c1-18-15-22(19(2)37(18)25-16-20(33)10-13-26(25)39)29-28(24-9-7-8-14-34-24)36-31(42)38(29)21-11-12-23(27(17-21)41-6)35-30(40)32(3,4)5/h7-17,28-29,39H,1-6H3,(H,35,40)(H,36,42)/t28-,29-/m1/s1. The van der Waals surface area contributed by atoms with Crippen molar-refractivity contribution in [1.82, 2.24) is 14.9 Å². The molecule has 1 fully saturated rings. The van der Waals surface area contributed by atoms with Crippen LogP contribution >= 0.6 is 23.8 Å². The molecule has 0 unspecified atom stereocenters. The van der Waals surface area contributed by atoms with Crippen LogP contribution in [0.2, 0.25) is 5.02 Å². The Morgan fingerprint density at radius 2 is 1.88 bits per heavy atom. The fourth-order valence-corrected chi connectivity index (χ4v) is 5.84. The lowest BCUT2D eigenvalue weighted by molar-refractivity contribution is -0.123. The molecule has 1 saturated heterocycles. The van der Waals surface area contributed by atoms with E-state index in [1.165, 1.54) is 0 Å². The number of nitrogens with zero attached hydrogens (tertiary/aromatic N) is 3. The number of aryl methyl sites for hydroxylation is 1. The summed E-state index contributed by atoms with van der Waals surface area (Å²) in [4.78, 5) is 19.4. The largest absolute Gasteiger partial charge is 0.506 e. The van der Waals surface area contributed by atoms with Gasteiger partial charge in [0.2, 0.25) is 5.91 Å². The van der Waals surface area contributed by atoms with E-state index in [2.05, 4.69) is 26.6 Å². The number of halogens is 1. The number of ether oxygens (including phenoxy) is 1. The van der Waals surface area contributed by atoms with E-state index in [4.69, 9.17) is 28.6 Å². The van der Waals surface area contributed by atoms with E-state index in [9.17, 15) is 9.90 Å². The van der Waals surface area contributed by atoms with Gasteiger partial charge < -0.3 is 29.9 Å². The van der Waals surface area contributed by atoms with E-state index in [1.807, 2.05) is 75.6 Å². The molecule has 2 aromatic heterocycles. The first-order chi connectivity index (χ1) is 19.9. The number of phenols is 1. The first kappa shape index (κ1) is 29.4. The Kier molecular flexibility index (Phi) is 7.92. The van der Waals surface area contributed by atoms with E-state index in [0.717, 1.165) is 28.3 Å². The molecule has 10 heteroatoms. The number of hydrogen-bond donors (Lipinski definition) is 3. The van der Waals surface area contributed by atoms with Gasteiger partial charge in [-0.1, -0.05) is 38.4 Å². The first-order valence-electron chi connectivity index (χ1n) is 13.6. The van der Waals surface area contributed by atoms with Gasteiger partial charge in [-0.2, -0.15) is 0 Å². The Bertz CT molecular complexity index is 1660. The third kappa shape index (κ3) is 5.42. The normalized spacial score (nSPS) is 16.8. The minimum Gasteiger partial charge on any atom is -0.506 e. The van der Waals surface area contributed by atoms with Crippen LogP contribution in [0.1, 0.15) is 55.5 Å². The lowest BCUT2D eigenvalue weighted by atomic mass is 9.95. The van der Waals surface area contributed by atoms with Crippen molar-refractivity contribution in [2.24, 2.45) is 5.41 Å². The second-order valence-corrected chi connectivity index (χ2v) is 12.2. The molecule has 8 nitrogen and oxygen atoms in total. The Labute approximate surface area is 256 Å². The molecular weight excluding hydrogens is 570 g/mol. The maximum atomic E-state index is 12.7. The molecule has 2 aromatic carbocycles. The average Bonchev–Trinajstić information content (AvgIpc) is 3.44. The van der Waals surface area contributed by atoms with E-state index in [-0.39, 0.29) is 23.7 Å². The summed E-state index contributed by atoms with van der Waals surface area (Å²) in [7, 11) is 1.58. The van der Waals surface area contributed by atoms with Crippen LogP contribution in [0.15, 0.2) is 66.9 Å². The SMILES string of the molecule is COc1cc(N2C(=S)N[C@H](c3ccccn3)[C@H]2c2cc(C)n(-c3cc(Cl)ccc3O)c2C)ccc1NC(=O)C(C)(C)C. The van der Waals surface area contributed by atoms with E-state index >= 15 is 0 Å². The summed E-state index contributed by atoms with van der Waals surface area (Å²) in [6, 6.07) is 18.0. The Morgan fingerprint density at radius 1 is 1.12 bits per heavy atom. The van der Waals surface area contributed by atoms with Gasteiger partial charge in [-0.05, 0) is 80.2 Å². The zero-order valence-corrected chi connectivity index (χ0v) is 26.0. The molecule has 1 aliphatic rings. The number of benzene rings is 2.